The topological polar surface area (TPSA) is 86.8 Å². The Balaban J connectivity index is 2.03. The number of carbonyl (C=O) groups is 2. The van der Waals surface area contributed by atoms with Crippen molar-refractivity contribution in [2.24, 2.45) is 5.92 Å². The molecule has 1 N–H and O–H groups in total. The molecule has 3 aromatic carbocycles. The lowest BCUT2D eigenvalue weighted by Crippen LogP contribution is -2.52. The lowest BCUT2D eigenvalue weighted by Gasteiger charge is -2.33. The molecule has 0 saturated carbocycles. The largest absolute Gasteiger partial charge is 0.354 e. The number of sulfonamides is 1. The Kier molecular flexibility index (Phi) is 10.3. The van der Waals surface area contributed by atoms with Crippen LogP contribution in [0.4, 0.5) is 5.69 Å². The summed E-state index contributed by atoms with van der Waals surface area (Å²) >= 11 is 0. The molecule has 3 rings (SSSR count). The fourth-order valence-electron chi connectivity index (χ4n) is 4.27. The van der Waals surface area contributed by atoms with Gasteiger partial charge in [-0.15, -0.1) is 0 Å². The molecule has 2 amide bonds. The number of aryl methyl sites for hydroxylation is 2. The Labute approximate surface area is 232 Å². The highest BCUT2D eigenvalue weighted by Gasteiger charge is 2.33. The molecule has 0 aromatic heterocycles. The Morgan fingerprint density at radius 2 is 1.49 bits per heavy atom. The molecule has 0 saturated heterocycles. The SMILES string of the molecule is CCC(C(=O)NCC(C)C)N(Cc1ccccc1C)C(=O)CN(c1ccccc1)S(=O)(=O)c1ccc(C)cc1. The van der Waals surface area contributed by atoms with Crippen LogP contribution in [0, 0.1) is 19.8 Å². The summed E-state index contributed by atoms with van der Waals surface area (Å²) in [4.78, 5) is 28.9. The summed E-state index contributed by atoms with van der Waals surface area (Å²) < 4.78 is 28.8. The van der Waals surface area contributed by atoms with Gasteiger partial charge in [-0.25, -0.2) is 8.42 Å². The van der Waals surface area contributed by atoms with Gasteiger partial charge in [0.1, 0.15) is 12.6 Å². The first-order chi connectivity index (χ1) is 18.5. The summed E-state index contributed by atoms with van der Waals surface area (Å²) in [6.45, 7) is 9.93. The van der Waals surface area contributed by atoms with Crippen LogP contribution in [-0.2, 0) is 26.2 Å². The average molecular weight is 550 g/mol. The van der Waals surface area contributed by atoms with E-state index in [2.05, 4.69) is 5.32 Å². The quantitative estimate of drug-likeness (QED) is 0.341. The molecular weight excluding hydrogens is 510 g/mol. The monoisotopic (exact) mass is 549 g/mol. The summed E-state index contributed by atoms with van der Waals surface area (Å²) in [5.41, 5.74) is 3.19. The van der Waals surface area contributed by atoms with Crippen LogP contribution in [0.15, 0.2) is 83.8 Å². The van der Waals surface area contributed by atoms with Crippen molar-refractivity contribution in [3.05, 3.63) is 95.6 Å². The van der Waals surface area contributed by atoms with Gasteiger partial charge in [0.05, 0.1) is 10.6 Å². The van der Waals surface area contributed by atoms with Crippen molar-refractivity contribution in [3.8, 4) is 0 Å². The molecule has 39 heavy (non-hydrogen) atoms. The van der Waals surface area contributed by atoms with Crippen LogP contribution >= 0.6 is 0 Å². The molecule has 0 heterocycles. The van der Waals surface area contributed by atoms with E-state index in [0.29, 0.717) is 18.7 Å². The van der Waals surface area contributed by atoms with Gasteiger partial charge in [-0.1, -0.05) is 80.9 Å². The number of hydrogen-bond acceptors (Lipinski definition) is 4. The highest BCUT2D eigenvalue weighted by molar-refractivity contribution is 7.92. The zero-order valence-electron chi connectivity index (χ0n) is 23.4. The smallest absolute Gasteiger partial charge is 0.264 e. The van der Waals surface area contributed by atoms with Gasteiger partial charge >= 0.3 is 0 Å². The first-order valence-corrected chi connectivity index (χ1v) is 14.7. The molecular formula is C31H39N3O4S. The van der Waals surface area contributed by atoms with E-state index in [9.17, 15) is 18.0 Å². The number of nitrogens with one attached hydrogen (secondary N) is 1. The van der Waals surface area contributed by atoms with Crippen LogP contribution in [0.2, 0.25) is 0 Å². The maximum Gasteiger partial charge on any atom is 0.264 e. The fraction of sp³-hybridized carbons (Fsp3) is 0.355. The third-order valence-corrected chi connectivity index (χ3v) is 8.39. The Hall–Kier alpha value is -3.65. The van der Waals surface area contributed by atoms with Gasteiger partial charge in [-0.3, -0.25) is 13.9 Å². The number of carbonyl (C=O) groups excluding carboxylic acids is 2. The molecule has 208 valence electrons. The van der Waals surface area contributed by atoms with Gasteiger partial charge in [-0.2, -0.15) is 0 Å². The lowest BCUT2D eigenvalue weighted by molar-refractivity contribution is -0.140. The highest BCUT2D eigenvalue weighted by Crippen LogP contribution is 2.25. The van der Waals surface area contributed by atoms with Crippen molar-refractivity contribution in [3.63, 3.8) is 0 Å². The molecule has 0 aliphatic carbocycles. The second kappa shape index (κ2) is 13.4. The molecule has 0 radical (unpaired) electrons. The molecule has 1 unspecified atom stereocenters. The molecule has 8 heteroatoms. The Morgan fingerprint density at radius 3 is 2.08 bits per heavy atom. The minimum atomic E-state index is -4.07. The normalized spacial score (nSPS) is 12.2. The van der Waals surface area contributed by atoms with Crippen molar-refractivity contribution in [1.82, 2.24) is 10.2 Å². The number of hydrogen-bond donors (Lipinski definition) is 1. The van der Waals surface area contributed by atoms with E-state index in [-0.39, 0.29) is 23.3 Å². The second-order valence-electron chi connectivity index (χ2n) is 10.2. The molecule has 0 bridgehead atoms. The molecule has 0 aliphatic rings. The van der Waals surface area contributed by atoms with E-state index in [1.807, 2.05) is 58.9 Å². The molecule has 0 aliphatic heterocycles. The summed E-state index contributed by atoms with van der Waals surface area (Å²) in [6.07, 6.45) is 0.387. The van der Waals surface area contributed by atoms with Gasteiger partial charge in [0.2, 0.25) is 11.8 Å². The predicted molar refractivity (Wildman–Crippen MR) is 156 cm³/mol. The molecule has 7 nitrogen and oxygen atoms in total. The first kappa shape index (κ1) is 29.9. The molecule has 1 atom stereocenters. The summed E-state index contributed by atoms with van der Waals surface area (Å²) in [5.74, 6) is -0.453. The van der Waals surface area contributed by atoms with E-state index >= 15 is 0 Å². The first-order valence-electron chi connectivity index (χ1n) is 13.3. The highest BCUT2D eigenvalue weighted by atomic mass is 32.2. The Morgan fingerprint density at radius 1 is 0.872 bits per heavy atom. The third-order valence-electron chi connectivity index (χ3n) is 6.60. The molecule has 0 spiro atoms. The van der Waals surface area contributed by atoms with Crippen LogP contribution in [0.25, 0.3) is 0 Å². The summed E-state index contributed by atoms with van der Waals surface area (Å²) in [6, 6.07) is 22.1. The number of nitrogens with zero attached hydrogens (tertiary/aromatic N) is 2. The predicted octanol–water partition coefficient (Wildman–Crippen LogP) is 5.08. The zero-order valence-corrected chi connectivity index (χ0v) is 24.2. The van der Waals surface area contributed by atoms with Gasteiger partial charge in [0.15, 0.2) is 0 Å². The van der Waals surface area contributed by atoms with Gasteiger partial charge in [0, 0.05) is 13.1 Å². The van der Waals surface area contributed by atoms with Crippen molar-refractivity contribution in [1.29, 1.82) is 0 Å². The Bertz CT molecular complexity index is 1360. The van der Waals surface area contributed by atoms with Gasteiger partial charge in [-0.05, 0) is 61.6 Å². The van der Waals surface area contributed by atoms with Crippen molar-refractivity contribution >= 4 is 27.5 Å². The number of para-hydroxylation sites is 1. The van der Waals surface area contributed by atoms with Crippen LogP contribution < -0.4 is 9.62 Å². The standard InChI is InChI=1S/C31H39N3O4S/c1-6-29(31(36)32-20-23(2)3)33(21-26-13-11-10-12-25(26)5)30(35)22-34(27-14-8-7-9-15-27)39(37,38)28-18-16-24(4)17-19-28/h7-19,23,29H,6,20-22H2,1-5H3,(H,32,36). The lowest BCUT2D eigenvalue weighted by atomic mass is 10.1. The summed E-state index contributed by atoms with van der Waals surface area (Å²) in [7, 11) is -4.07. The minimum Gasteiger partial charge on any atom is -0.354 e. The van der Waals surface area contributed by atoms with Crippen LogP contribution in [0.5, 0.6) is 0 Å². The maximum absolute atomic E-state index is 14.1. The maximum atomic E-state index is 14.1. The van der Waals surface area contributed by atoms with E-state index in [1.54, 1.807) is 54.6 Å². The van der Waals surface area contributed by atoms with E-state index in [4.69, 9.17) is 0 Å². The van der Waals surface area contributed by atoms with E-state index in [1.165, 1.54) is 4.90 Å². The minimum absolute atomic E-state index is 0.0944. The number of anilines is 1. The average Bonchev–Trinajstić information content (AvgIpc) is 2.92. The number of amides is 2. The third kappa shape index (κ3) is 7.69. The number of rotatable bonds is 12. The van der Waals surface area contributed by atoms with Crippen molar-refractivity contribution in [2.75, 3.05) is 17.4 Å². The molecule has 3 aromatic rings. The van der Waals surface area contributed by atoms with E-state index in [0.717, 1.165) is 21.0 Å². The van der Waals surface area contributed by atoms with Crippen LogP contribution in [0.3, 0.4) is 0 Å². The summed E-state index contributed by atoms with van der Waals surface area (Å²) in [5, 5.41) is 2.95. The van der Waals surface area contributed by atoms with E-state index < -0.39 is 28.5 Å². The van der Waals surface area contributed by atoms with Crippen molar-refractivity contribution < 1.29 is 18.0 Å². The van der Waals surface area contributed by atoms with Crippen LogP contribution in [-0.4, -0.2) is 44.3 Å². The second-order valence-corrected chi connectivity index (χ2v) is 12.0. The zero-order chi connectivity index (χ0) is 28.6. The van der Waals surface area contributed by atoms with Gasteiger partial charge in [0.25, 0.3) is 10.0 Å². The fourth-order valence-corrected chi connectivity index (χ4v) is 5.69. The number of benzene rings is 3. The molecule has 0 fully saturated rings. The van der Waals surface area contributed by atoms with Gasteiger partial charge < -0.3 is 10.2 Å². The van der Waals surface area contributed by atoms with Crippen molar-refractivity contribution in [2.45, 2.75) is 58.5 Å². The van der Waals surface area contributed by atoms with Crippen LogP contribution in [0.1, 0.15) is 43.9 Å².